The van der Waals surface area contributed by atoms with E-state index in [1.54, 1.807) is 6.92 Å². The Morgan fingerprint density at radius 1 is 1.05 bits per heavy atom. The molecular weight excluding hydrogens is 304 g/mol. The molecule has 0 saturated carbocycles. The molecule has 2 aromatic carbocycles. The van der Waals surface area contributed by atoms with Crippen molar-refractivity contribution in [3.8, 4) is 11.5 Å². The SMILES string of the molecule is Cc1ccc(Oc2ccc(Br)cc2C(C)O)c(C)c1. The Bertz CT molecular complexity index is 591. The number of aryl methyl sites for hydroxylation is 2. The maximum Gasteiger partial charge on any atom is 0.133 e. The number of hydrogen-bond acceptors (Lipinski definition) is 2. The lowest BCUT2D eigenvalue weighted by Gasteiger charge is -2.15. The van der Waals surface area contributed by atoms with Crippen LogP contribution in [0, 0.1) is 13.8 Å². The molecule has 0 amide bonds. The fraction of sp³-hybridized carbons (Fsp3) is 0.250. The first kappa shape index (κ1) is 14.1. The molecule has 0 heterocycles. The monoisotopic (exact) mass is 320 g/mol. The van der Waals surface area contributed by atoms with Crippen molar-refractivity contribution in [2.75, 3.05) is 0 Å². The second-order valence-electron chi connectivity index (χ2n) is 4.73. The van der Waals surface area contributed by atoms with Crippen LogP contribution >= 0.6 is 15.9 Å². The van der Waals surface area contributed by atoms with Crippen LogP contribution in [0.1, 0.15) is 29.7 Å². The van der Waals surface area contributed by atoms with Gasteiger partial charge in [0, 0.05) is 10.0 Å². The van der Waals surface area contributed by atoms with Crippen LogP contribution in [0.25, 0.3) is 0 Å². The van der Waals surface area contributed by atoms with Crippen LogP contribution in [-0.4, -0.2) is 5.11 Å². The number of ether oxygens (including phenoxy) is 1. The van der Waals surface area contributed by atoms with E-state index in [0.29, 0.717) is 5.75 Å². The standard InChI is InChI=1S/C16H17BrO2/c1-10-4-6-15(11(2)8-10)19-16-7-5-13(17)9-14(16)12(3)18/h4-9,12,18H,1-3H3. The lowest BCUT2D eigenvalue weighted by molar-refractivity contribution is 0.195. The van der Waals surface area contributed by atoms with E-state index in [2.05, 4.69) is 28.9 Å². The zero-order valence-corrected chi connectivity index (χ0v) is 12.9. The summed E-state index contributed by atoms with van der Waals surface area (Å²) >= 11 is 3.41. The highest BCUT2D eigenvalue weighted by Gasteiger charge is 2.11. The predicted molar refractivity (Wildman–Crippen MR) is 80.8 cm³/mol. The fourth-order valence-electron chi connectivity index (χ4n) is 1.97. The van der Waals surface area contributed by atoms with E-state index in [-0.39, 0.29) is 0 Å². The molecule has 19 heavy (non-hydrogen) atoms. The first-order chi connectivity index (χ1) is 8.97. The Balaban J connectivity index is 2.38. The van der Waals surface area contributed by atoms with Gasteiger partial charge in [-0.2, -0.15) is 0 Å². The molecule has 0 aliphatic rings. The molecule has 0 aromatic heterocycles. The third-order valence-electron chi connectivity index (χ3n) is 2.97. The van der Waals surface area contributed by atoms with Gasteiger partial charge in [0.25, 0.3) is 0 Å². The second kappa shape index (κ2) is 5.76. The van der Waals surface area contributed by atoms with Gasteiger partial charge in [-0.05, 0) is 50.6 Å². The molecule has 0 saturated heterocycles. The van der Waals surface area contributed by atoms with Gasteiger partial charge in [-0.3, -0.25) is 0 Å². The minimum atomic E-state index is -0.571. The van der Waals surface area contributed by atoms with E-state index in [4.69, 9.17) is 4.74 Å². The Hall–Kier alpha value is -1.32. The average Bonchev–Trinajstić information content (AvgIpc) is 2.34. The summed E-state index contributed by atoms with van der Waals surface area (Å²) in [7, 11) is 0. The van der Waals surface area contributed by atoms with Crippen LogP contribution in [0.2, 0.25) is 0 Å². The van der Waals surface area contributed by atoms with Gasteiger partial charge in [-0.25, -0.2) is 0 Å². The van der Waals surface area contributed by atoms with E-state index in [0.717, 1.165) is 21.3 Å². The van der Waals surface area contributed by atoms with E-state index in [1.165, 1.54) is 5.56 Å². The highest BCUT2D eigenvalue weighted by Crippen LogP contribution is 2.33. The number of aliphatic hydroxyl groups excluding tert-OH is 1. The molecule has 1 unspecified atom stereocenters. The van der Waals surface area contributed by atoms with Crippen LogP contribution in [0.3, 0.4) is 0 Å². The summed E-state index contributed by atoms with van der Waals surface area (Å²) < 4.78 is 6.86. The summed E-state index contributed by atoms with van der Waals surface area (Å²) in [5, 5.41) is 9.82. The van der Waals surface area contributed by atoms with Crippen molar-refractivity contribution < 1.29 is 9.84 Å². The molecule has 0 bridgehead atoms. The maximum absolute atomic E-state index is 9.82. The van der Waals surface area contributed by atoms with Crippen LogP contribution in [0.15, 0.2) is 40.9 Å². The Kier molecular flexibility index (Phi) is 4.27. The summed E-state index contributed by atoms with van der Waals surface area (Å²) in [6.07, 6.45) is -0.571. The molecule has 1 N–H and O–H groups in total. The van der Waals surface area contributed by atoms with Crippen molar-refractivity contribution in [1.82, 2.24) is 0 Å². The minimum Gasteiger partial charge on any atom is -0.457 e. The number of hydrogen-bond donors (Lipinski definition) is 1. The van der Waals surface area contributed by atoms with E-state index in [9.17, 15) is 5.11 Å². The average molecular weight is 321 g/mol. The molecule has 1 atom stereocenters. The molecule has 100 valence electrons. The van der Waals surface area contributed by atoms with Crippen LogP contribution in [0.5, 0.6) is 11.5 Å². The number of rotatable bonds is 3. The maximum atomic E-state index is 9.82. The Morgan fingerprint density at radius 3 is 2.37 bits per heavy atom. The summed E-state index contributed by atoms with van der Waals surface area (Å²) in [6, 6.07) is 11.7. The lowest BCUT2D eigenvalue weighted by Crippen LogP contribution is -1.97. The third-order valence-corrected chi connectivity index (χ3v) is 3.47. The molecule has 0 aliphatic carbocycles. The van der Waals surface area contributed by atoms with Crippen LogP contribution in [0.4, 0.5) is 0 Å². The highest BCUT2D eigenvalue weighted by atomic mass is 79.9. The summed E-state index contributed by atoms with van der Waals surface area (Å²) in [5.41, 5.74) is 3.06. The van der Waals surface area contributed by atoms with Gasteiger partial charge in [-0.15, -0.1) is 0 Å². The van der Waals surface area contributed by atoms with Crippen LogP contribution < -0.4 is 4.74 Å². The molecule has 0 fully saturated rings. The first-order valence-electron chi connectivity index (χ1n) is 6.20. The molecule has 2 nitrogen and oxygen atoms in total. The summed E-state index contributed by atoms with van der Waals surface area (Å²) in [4.78, 5) is 0. The van der Waals surface area contributed by atoms with Gasteiger partial charge in [-0.1, -0.05) is 33.6 Å². The third kappa shape index (κ3) is 3.37. The quantitative estimate of drug-likeness (QED) is 0.870. The largest absolute Gasteiger partial charge is 0.457 e. The summed E-state index contributed by atoms with van der Waals surface area (Å²) in [6.45, 7) is 5.80. The summed E-state index contributed by atoms with van der Waals surface area (Å²) in [5.74, 6) is 1.50. The predicted octanol–water partition coefficient (Wildman–Crippen LogP) is 4.91. The van der Waals surface area contributed by atoms with Crippen molar-refractivity contribution in [3.63, 3.8) is 0 Å². The molecule has 0 aliphatic heterocycles. The number of benzene rings is 2. The smallest absolute Gasteiger partial charge is 0.133 e. The van der Waals surface area contributed by atoms with Gasteiger partial charge in [0.15, 0.2) is 0 Å². The zero-order valence-electron chi connectivity index (χ0n) is 11.3. The van der Waals surface area contributed by atoms with Gasteiger partial charge >= 0.3 is 0 Å². The van der Waals surface area contributed by atoms with Crippen LogP contribution in [-0.2, 0) is 0 Å². The van der Waals surface area contributed by atoms with Crippen molar-refractivity contribution in [1.29, 1.82) is 0 Å². The number of aliphatic hydroxyl groups is 1. The molecule has 0 spiro atoms. The van der Waals surface area contributed by atoms with Gasteiger partial charge in [0.2, 0.25) is 0 Å². The van der Waals surface area contributed by atoms with Crippen molar-refractivity contribution in [2.45, 2.75) is 26.9 Å². The normalized spacial score (nSPS) is 12.3. The molecular formula is C16H17BrO2. The number of halogens is 1. The topological polar surface area (TPSA) is 29.5 Å². The molecule has 3 heteroatoms. The fourth-order valence-corrected chi connectivity index (χ4v) is 2.35. The minimum absolute atomic E-state index is 0.571. The van der Waals surface area contributed by atoms with Gasteiger partial charge in [0.1, 0.15) is 11.5 Å². The molecule has 2 rings (SSSR count). The lowest BCUT2D eigenvalue weighted by atomic mass is 10.1. The van der Waals surface area contributed by atoms with Gasteiger partial charge < -0.3 is 9.84 Å². The Morgan fingerprint density at radius 2 is 1.74 bits per heavy atom. The van der Waals surface area contributed by atoms with Crippen molar-refractivity contribution >= 4 is 15.9 Å². The second-order valence-corrected chi connectivity index (χ2v) is 5.64. The van der Waals surface area contributed by atoms with Crippen molar-refractivity contribution in [2.24, 2.45) is 0 Å². The first-order valence-corrected chi connectivity index (χ1v) is 6.99. The van der Waals surface area contributed by atoms with Gasteiger partial charge in [0.05, 0.1) is 6.10 Å². The highest BCUT2D eigenvalue weighted by molar-refractivity contribution is 9.10. The van der Waals surface area contributed by atoms with E-state index < -0.39 is 6.10 Å². The van der Waals surface area contributed by atoms with Crippen molar-refractivity contribution in [3.05, 3.63) is 57.6 Å². The zero-order chi connectivity index (χ0) is 14.0. The Labute approximate surface area is 122 Å². The molecule has 0 radical (unpaired) electrons. The van der Waals surface area contributed by atoms with E-state index in [1.807, 2.05) is 37.3 Å². The van der Waals surface area contributed by atoms with E-state index >= 15 is 0 Å². The molecule has 2 aromatic rings.